The molecular formula is C12H16BrN. The van der Waals surface area contributed by atoms with Crippen molar-refractivity contribution in [3.63, 3.8) is 0 Å². The van der Waals surface area contributed by atoms with Gasteiger partial charge in [0.1, 0.15) is 0 Å². The van der Waals surface area contributed by atoms with E-state index in [1.54, 1.807) is 0 Å². The molecule has 1 aliphatic rings. The molecule has 1 aromatic rings. The van der Waals surface area contributed by atoms with E-state index in [9.17, 15) is 0 Å². The Kier molecular flexibility index (Phi) is 2.06. The Morgan fingerprint density at radius 2 is 1.93 bits per heavy atom. The smallest absolute Gasteiger partial charge is 0.0479 e. The zero-order valence-electron chi connectivity index (χ0n) is 8.89. The highest BCUT2D eigenvalue weighted by Crippen LogP contribution is 2.61. The maximum absolute atomic E-state index is 6.37. The molecule has 0 heterocycles. The van der Waals surface area contributed by atoms with Gasteiger partial charge in [0.15, 0.2) is 0 Å². The average Bonchev–Trinajstić information content (AvgIpc) is 2.50. The van der Waals surface area contributed by atoms with Crippen LogP contribution in [0.3, 0.4) is 0 Å². The lowest BCUT2D eigenvalue weighted by molar-refractivity contribution is 0.508. The minimum Gasteiger partial charge on any atom is -0.321 e. The van der Waals surface area contributed by atoms with E-state index in [4.69, 9.17) is 5.73 Å². The summed E-state index contributed by atoms with van der Waals surface area (Å²) in [5.74, 6) is 0. The molecule has 1 saturated carbocycles. The number of nitrogens with two attached hydrogens (primary N) is 1. The molecule has 1 fully saturated rings. The van der Waals surface area contributed by atoms with Crippen molar-refractivity contribution in [2.24, 2.45) is 11.1 Å². The SMILES string of the molecule is Cc1ccc(C2(N)CC2(C)C)c(Br)c1. The summed E-state index contributed by atoms with van der Waals surface area (Å²) in [5, 5.41) is 0. The van der Waals surface area contributed by atoms with Crippen LogP contribution in [0.1, 0.15) is 31.4 Å². The molecule has 1 aliphatic carbocycles. The van der Waals surface area contributed by atoms with Gasteiger partial charge in [-0.15, -0.1) is 0 Å². The number of halogens is 1. The topological polar surface area (TPSA) is 26.0 Å². The zero-order valence-corrected chi connectivity index (χ0v) is 10.5. The molecule has 0 aromatic heterocycles. The van der Waals surface area contributed by atoms with E-state index in [0.29, 0.717) is 0 Å². The van der Waals surface area contributed by atoms with Gasteiger partial charge >= 0.3 is 0 Å². The van der Waals surface area contributed by atoms with E-state index in [2.05, 4.69) is 54.9 Å². The second-order valence-electron chi connectivity index (χ2n) is 5.02. The molecule has 1 atom stereocenters. The molecule has 0 saturated heterocycles. The maximum Gasteiger partial charge on any atom is 0.0479 e. The van der Waals surface area contributed by atoms with Crippen LogP contribution in [0.25, 0.3) is 0 Å². The van der Waals surface area contributed by atoms with Gasteiger partial charge in [0.2, 0.25) is 0 Å². The van der Waals surface area contributed by atoms with E-state index < -0.39 is 0 Å². The summed E-state index contributed by atoms with van der Waals surface area (Å²) in [5.41, 5.74) is 8.99. The van der Waals surface area contributed by atoms with Crippen molar-refractivity contribution in [1.82, 2.24) is 0 Å². The quantitative estimate of drug-likeness (QED) is 0.817. The number of hydrogen-bond acceptors (Lipinski definition) is 1. The lowest BCUT2D eigenvalue weighted by atomic mass is 9.96. The first kappa shape index (κ1) is 10.2. The average molecular weight is 254 g/mol. The molecule has 0 spiro atoms. The summed E-state index contributed by atoms with van der Waals surface area (Å²) in [6, 6.07) is 6.41. The van der Waals surface area contributed by atoms with E-state index in [1.165, 1.54) is 11.1 Å². The van der Waals surface area contributed by atoms with Crippen LogP contribution in [0, 0.1) is 12.3 Å². The van der Waals surface area contributed by atoms with Crippen LogP contribution in [-0.2, 0) is 5.54 Å². The summed E-state index contributed by atoms with van der Waals surface area (Å²) in [4.78, 5) is 0. The van der Waals surface area contributed by atoms with Crippen LogP contribution >= 0.6 is 15.9 Å². The minimum absolute atomic E-state index is 0.125. The Labute approximate surface area is 93.8 Å². The Morgan fingerprint density at radius 3 is 2.36 bits per heavy atom. The first-order chi connectivity index (χ1) is 6.37. The van der Waals surface area contributed by atoms with Crippen LogP contribution in [0.15, 0.2) is 22.7 Å². The molecule has 76 valence electrons. The second kappa shape index (κ2) is 2.83. The van der Waals surface area contributed by atoms with Gasteiger partial charge in [-0.3, -0.25) is 0 Å². The predicted octanol–water partition coefficient (Wildman–Crippen LogP) is 3.34. The van der Waals surface area contributed by atoms with Crippen LogP contribution in [0.5, 0.6) is 0 Å². The molecule has 2 rings (SSSR count). The van der Waals surface area contributed by atoms with Gasteiger partial charge < -0.3 is 5.73 Å². The van der Waals surface area contributed by atoms with Crippen molar-refractivity contribution >= 4 is 15.9 Å². The van der Waals surface area contributed by atoms with E-state index >= 15 is 0 Å². The number of rotatable bonds is 1. The standard InChI is InChI=1S/C12H16BrN/c1-8-4-5-9(10(13)6-8)12(14)7-11(12,2)3/h4-6H,7,14H2,1-3H3. The highest BCUT2D eigenvalue weighted by atomic mass is 79.9. The third-order valence-corrected chi connectivity index (χ3v) is 4.06. The largest absolute Gasteiger partial charge is 0.321 e. The van der Waals surface area contributed by atoms with Crippen molar-refractivity contribution in [2.45, 2.75) is 32.7 Å². The second-order valence-corrected chi connectivity index (χ2v) is 5.87. The highest BCUT2D eigenvalue weighted by molar-refractivity contribution is 9.10. The monoisotopic (exact) mass is 253 g/mol. The van der Waals surface area contributed by atoms with Crippen molar-refractivity contribution in [2.75, 3.05) is 0 Å². The third kappa shape index (κ3) is 1.32. The molecule has 2 N–H and O–H groups in total. The molecular weight excluding hydrogens is 238 g/mol. The van der Waals surface area contributed by atoms with Gasteiger partial charge in [0, 0.05) is 10.0 Å². The fourth-order valence-electron chi connectivity index (χ4n) is 2.09. The summed E-state index contributed by atoms with van der Waals surface area (Å²) >= 11 is 3.59. The van der Waals surface area contributed by atoms with Crippen molar-refractivity contribution in [3.8, 4) is 0 Å². The summed E-state index contributed by atoms with van der Waals surface area (Å²) in [6.45, 7) is 6.54. The third-order valence-electron chi connectivity index (χ3n) is 3.41. The Morgan fingerprint density at radius 1 is 1.36 bits per heavy atom. The van der Waals surface area contributed by atoms with Gasteiger partial charge in [0.25, 0.3) is 0 Å². The molecule has 1 nitrogen and oxygen atoms in total. The van der Waals surface area contributed by atoms with Crippen molar-refractivity contribution in [1.29, 1.82) is 0 Å². The lowest BCUT2D eigenvalue weighted by Gasteiger charge is -2.17. The van der Waals surface area contributed by atoms with Gasteiger partial charge in [-0.2, -0.15) is 0 Å². The first-order valence-electron chi connectivity index (χ1n) is 4.92. The molecule has 2 heteroatoms. The summed E-state index contributed by atoms with van der Waals surface area (Å²) in [6.07, 6.45) is 1.07. The lowest BCUT2D eigenvalue weighted by Crippen LogP contribution is -2.25. The first-order valence-corrected chi connectivity index (χ1v) is 5.72. The van der Waals surface area contributed by atoms with Gasteiger partial charge in [-0.25, -0.2) is 0 Å². The maximum atomic E-state index is 6.37. The molecule has 14 heavy (non-hydrogen) atoms. The summed E-state index contributed by atoms with van der Waals surface area (Å²) < 4.78 is 1.14. The van der Waals surface area contributed by atoms with Gasteiger partial charge in [-0.05, 0) is 36.0 Å². The normalized spacial score (nSPS) is 28.9. The molecule has 0 amide bonds. The van der Waals surface area contributed by atoms with Gasteiger partial charge in [0.05, 0.1) is 0 Å². The van der Waals surface area contributed by atoms with E-state index in [1.807, 2.05) is 0 Å². The molecule has 0 aliphatic heterocycles. The molecule has 0 radical (unpaired) electrons. The van der Waals surface area contributed by atoms with E-state index in [-0.39, 0.29) is 11.0 Å². The highest BCUT2D eigenvalue weighted by Gasteiger charge is 2.59. The Bertz CT molecular complexity index is 384. The fourth-order valence-corrected chi connectivity index (χ4v) is 2.94. The Hall–Kier alpha value is -0.340. The molecule has 0 bridgehead atoms. The Balaban J connectivity index is 2.45. The zero-order chi connectivity index (χ0) is 10.6. The summed E-state index contributed by atoms with van der Waals surface area (Å²) in [7, 11) is 0. The predicted molar refractivity (Wildman–Crippen MR) is 63.1 cm³/mol. The molecule has 1 unspecified atom stereocenters. The number of aryl methyl sites for hydroxylation is 1. The molecule has 1 aromatic carbocycles. The van der Waals surface area contributed by atoms with Crippen LogP contribution in [0.4, 0.5) is 0 Å². The van der Waals surface area contributed by atoms with Crippen LogP contribution < -0.4 is 5.73 Å². The van der Waals surface area contributed by atoms with E-state index in [0.717, 1.165) is 10.9 Å². The number of benzene rings is 1. The number of hydrogen-bond donors (Lipinski definition) is 1. The van der Waals surface area contributed by atoms with Crippen LogP contribution in [-0.4, -0.2) is 0 Å². The van der Waals surface area contributed by atoms with Crippen molar-refractivity contribution < 1.29 is 0 Å². The van der Waals surface area contributed by atoms with Crippen molar-refractivity contribution in [3.05, 3.63) is 33.8 Å². The fraction of sp³-hybridized carbons (Fsp3) is 0.500. The van der Waals surface area contributed by atoms with Gasteiger partial charge in [-0.1, -0.05) is 41.9 Å². The minimum atomic E-state index is -0.125. The van der Waals surface area contributed by atoms with Crippen LogP contribution in [0.2, 0.25) is 0 Å².